The van der Waals surface area contributed by atoms with E-state index in [4.69, 9.17) is 60.2 Å². The monoisotopic (exact) mass is 2250 g/mol. The van der Waals surface area contributed by atoms with Crippen molar-refractivity contribution < 1.29 is 54.0 Å². The van der Waals surface area contributed by atoms with E-state index in [1.54, 1.807) is 123 Å². The van der Waals surface area contributed by atoms with Crippen LogP contribution in [-0.4, -0.2) is 165 Å². The van der Waals surface area contributed by atoms with Crippen LogP contribution in [0.1, 0.15) is 90.9 Å². The Balaban J connectivity index is 0.000000162. The first kappa shape index (κ1) is 107. The van der Waals surface area contributed by atoms with E-state index in [9.17, 15) is 34.4 Å². The van der Waals surface area contributed by atoms with Gasteiger partial charge in [-0.2, -0.15) is 20.4 Å². The van der Waals surface area contributed by atoms with E-state index >= 15 is 0 Å². The number of carbonyl (C=O) groups excluding carboxylic acids is 4. The van der Waals surface area contributed by atoms with Crippen LogP contribution in [0.5, 0.6) is 34.5 Å². The van der Waals surface area contributed by atoms with Crippen LogP contribution in [0.4, 0.5) is 21.0 Å². The number of imidazole rings is 4. The lowest BCUT2D eigenvalue weighted by molar-refractivity contribution is -0.385. The Morgan fingerprint density at radius 2 is 0.908 bits per heavy atom. The predicted molar refractivity (Wildman–Crippen MR) is 568 cm³/mol. The molecule has 722 valence electrons. The van der Waals surface area contributed by atoms with Crippen molar-refractivity contribution in [3.63, 3.8) is 0 Å². The first-order chi connectivity index (χ1) is 68.0. The lowest BCUT2D eigenvalue weighted by Gasteiger charge is -2.14. The number of nitrogens with zero attached hydrogens (tertiary/aromatic N) is 14. The van der Waals surface area contributed by atoms with Crippen molar-refractivity contribution in [3.05, 3.63) is 364 Å². The van der Waals surface area contributed by atoms with E-state index in [1.807, 2.05) is 175 Å². The van der Waals surface area contributed by atoms with E-state index in [-0.39, 0.29) is 64.9 Å². The van der Waals surface area contributed by atoms with Gasteiger partial charge in [0, 0.05) is 109 Å². The number of hydrogen-bond donors (Lipinski definition) is 10. The van der Waals surface area contributed by atoms with Crippen molar-refractivity contribution in [2.45, 2.75) is 73.4 Å². The number of terminal acetylenes is 1. The van der Waals surface area contributed by atoms with Gasteiger partial charge in [0.15, 0.2) is 22.6 Å². The van der Waals surface area contributed by atoms with Crippen LogP contribution in [-0.2, 0) is 22.4 Å². The summed E-state index contributed by atoms with van der Waals surface area (Å²) >= 11 is 20.9. The van der Waals surface area contributed by atoms with Crippen molar-refractivity contribution in [2.75, 3.05) is 36.2 Å². The average Bonchev–Trinajstić information content (AvgIpc) is 1.65. The number of aromatic nitrogens is 14. The topological polar surface area (TPSA) is 428 Å². The molecule has 2 atom stereocenters. The molecule has 2 saturated heterocycles. The first-order valence-electron chi connectivity index (χ1n) is 43.2. The zero-order chi connectivity index (χ0) is 101. The summed E-state index contributed by atoms with van der Waals surface area (Å²) < 4.78 is 19.2. The summed E-state index contributed by atoms with van der Waals surface area (Å²) in [5, 5.41) is 76.0. The number of anilines is 1. The summed E-state index contributed by atoms with van der Waals surface area (Å²) in [6.07, 6.45) is 23.2. The molecule has 12 heterocycles. The second-order valence-corrected chi connectivity index (χ2v) is 34.4. The summed E-state index contributed by atoms with van der Waals surface area (Å²) in [6, 6.07) is 55.0. The molecule has 2 unspecified atom stereocenters. The van der Waals surface area contributed by atoms with Crippen molar-refractivity contribution in [1.29, 1.82) is 0 Å². The van der Waals surface area contributed by atoms with Gasteiger partial charge in [0.05, 0.1) is 70.0 Å². The van der Waals surface area contributed by atoms with Gasteiger partial charge < -0.3 is 56.2 Å². The number of H-pyrrole nitrogens is 2. The van der Waals surface area contributed by atoms with Gasteiger partial charge in [0.2, 0.25) is 0 Å². The number of urea groups is 2. The molecule has 8 aromatic carbocycles. The van der Waals surface area contributed by atoms with Crippen LogP contribution in [0.3, 0.4) is 0 Å². The maximum atomic E-state index is 13.0. The van der Waals surface area contributed by atoms with Crippen LogP contribution < -0.4 is 31.2 Å². The van der Waals surface area contributed by atoms with Gasteiger partial charge in [-0.15, -0.1) is 23.4 Å². The first-order valence-corrected chi connectivity index (χ1v) is 47.3. The second kappa shape index (κ2) is 51.7. The normalized spacial score (nSPS) is 12.3. The number of halogens is 6. The summed E-state index contributed by atoms with van der Waals surface area (Å²) in [5.74, 6) is 22.7. The molecule has 18 aromatic rings. The molecule has 0 aliphatic carbocycles. The number of carbonyl (C=O) groups is 4. The molecule has 6 amide bonds. The van der Waals surface area contributed by atoms with Gasteiger partial charge >= 0.3 is 12.1 Å². The van der Waals surface area contributed by atoms with Crippen LogP contribution in [0, 0.1) is 103 Å². The third kappa shape index (κ3) is 28.9. The number of fused-ring (bicyclic) bond motifs is 6. The van der Waals surface area contributed by atoms with E-state index in [2.05, 4.69) is 162 Å². The number of nitrogen functional groups attached to an aromatic ring is 1. The zero-order valence-electron chi connectivity index (χ0n) is 77.1. The van der Waals surface area contributed by atoms with Gasteiger partial charge in [0.25, 0.3) is 17.5 Å². The lowest BCUT2D eigenvalue weighted by Crippen LogP contribution is -2.35. The molecule has 0 bridgehead atoms. The molecular weight excluding hydrogens is 2160 g/mol. The summed E-state index contributed by atoms with van der Waals surface area (Å²) in [5.41, 5.74) is 23.9. The van der Waals surface area contributed by atoms with Crippen LogP contribution in [0.15, 0.2) is 256 Å². The fraction of sp³-hybridized carbons (Fsp3) is 0.154. The van der Waals surface area contributed by atoms with E-state index in [0.29, 0.717) is 63.6 Å². The molecule has 11 N–H and O–H groups in total. The zero-order valence-corrected chi connectivity index (χ0v) is 85.7. The number of nitro benzene ring substituents is 1. The molecule has 32 nitrogen and oxygen atoms in total. The number of amides is 6. The Hall–Kier alpha value is -15.8. The number of nitro groups is 1. The molecule has 20 rings (SSSR count). The summed E-state index contributed by atoms with van der Waals surface area (Å²) in [4.78, 5) is 82.1. The van der Waals surface area contributed by atoms with Gasteiger partial charge in [-0.25, -0.2) is 47.6 Å². The Morgan fingerprint density at radius 3 is 1.32 bits per heavy atom. The van der Waals surface area contributed by atoms with Gasteiger partial charge in [0.1, 0.15) is 76.0 Å². The highest BCUT2D eigenvalue weighted by molar-refractivity contribution is 14.1. The summed E-state index contributed by atoms with van der Waals surface area (Å²) in [6.45, 7) is 14.4. The number of nitrogens with two attached hydrogens (primary N) is 1. The van der Waals surface area contributed by atoms with Crippen molar-refractivity contribution in [2.24, 2.45) is 0 Å². The third-order valence-electron chi connectivity index (χ3n) is 21.0. The van der Waals surface area contributed by atoms with Crippen LogP contribution in [0.25, 0.3) is 44.4 Å². The van der Waals surface area contributed by atoms with E-state index < -0.39 is 29.1 Å². The number of para-hydroxylation sites is 2. The molecule has 2 fully saturated rings. The van der Waals surface area contributed by atoms with Crippen LogP contribution >= 0.6 is 94.6 Å². The highest BCUT2D eigenvalue weighted by Gasteiger charge is 2.38. The predicted octanol–water partition coefficient (Wildman–Crippen LogP) is 18.9. The standard InChI is InChI=1S/C29H23ClN6O3.C17H15N3O.C15H11N3O.C12H10ClN3O2.C8H5N3.C7H7IO.C7H7NO3.C7H9NO.C2H4Br2.BrH/c1-18-7-10-22(14-19(18)8-9-21-17-31-26-6-3-11-33-36(21)26)39-13-12-35-28(37)25(34-29(35)38)15-20-16-32-27-23(20)4-2-5-24(27)30;1-3-21-16-9-6-13(2)14(11-16)7-8-15-12-18-17-5-4-10-19-20(15)17;1-11-4-7-14(19)9-12(11)5-6-13-10-16-15-3-2-8-17-18(13)15;13-8-3-1-2-7-6(5-14-10(7)8)4-9-11(17)16-12(18)15-9;1-2-7-6-9-8-4-3-5-10-11(7)8;1-5-2-3-6(9)4-7(5)8;1-5-2-3-6(9)4-7(5)8(10)11;1-5-2-3-6(9)4-7(5)8;3-1-2-4;/h2-7,10-11,14,16-17,25,32H,12-13,15H2,1H3,(H,34,38);4-6,9-12H,3H2,1-2H3;2-4,7-10,19H,1H3;1-3,5,9,14H,4H2,(H2,15,16,17,18);1,3-6H;2-4,9H,1H3;2-4,9H,1H3;2-4,9H,8H2,1H3;1-2H2;1H. The Bertz CT molecular complexity index is 7790. The Morgan fingerprint density at radius 1 is 0.500 bits per heavy atom. The maximum Gasteiger partial charge on any atom is 0.324 e. The smallest absolute Gasteiger partial charge is 0.324 e. The fourth-order valence-electron chi connectivity index (χ4n) is 13.5. The quantitative estimate of drug-likeness (QED) is 0.0103. The highest BCUT2D eigenvalue weighted by Crippen LogP contribution is 2.31. The molecule has 0 radical (unpaired) electrons. The lowest BCUT2D eigenvalue weighted by atomic mass is 10.1. The highest BCUT2D eigenvalue weighted by atomic mass is 127. The minimum atomic E-state index is -0.647. The van der Waals surface area contributed by atoms with Crippen molar-refractivity contribution in [1.82, 2.24) is 89.2 Å². The maximum absolute atomic E-state index is 13.0. The second-order valence-electron chi connectivity index (χ2n) is 30.8. The summed E-state index contributed by atoms with van der Waals surface area (Å²) in [7, 11) is 0. The number of phenols is 4. The Labute approximate surface area is 866 Å². The number of ether oxygens (including phenoxy) is 2. The number of alkyl halides is 2. The van der Waals surface area contributed by atoms with Gasteiger partial charge in [-0.05, 0) is 261 Å². The van der Waals surface area contributed by atoms with Crippen molar-refractivity contribution >= 4 is 174 Å². The minimum absolute atomic E-state index is 0. The number of benzene rings is 8. The molecule has 2 aliphatic rings. The van der Waals surface area contributed by atoms with Gasteiger partial charge in [-0.1, -0.05) is 127 Å². The number of aryl methyl sites for hydroxylation is 6. The molecular formula is C104H92Br3Cl2IN20O12. The van der Waals surface area contributed by atoms with E-state index in [0.717, 1.165) is 132 Å². The number of phenolic OH excluding ortho intramolecular Hbond substituents is 4. The average molecular weight is 2250 g/mol. The molecule has 2 aliphatic heterocycles. The molecule has 0 spiro atoms. The minimum Gasteiger partial charge on any atom is -0.508 e. The van der Waals surface area contributed by atoms with Crippen molar-refractivity contribution in [3.8, 4) is 82.4 Å². The number of aromatic hydroxyl groups is 4. The number of nitrogens with one attached hydrogen (secondary N) is 5. The number of rotatable bonds is 12. The number of aromatic amines is 2. The SMILES string of the molecule is Br.BrCCBr.C#Cc1cnc2cccnn12.CCOc1ccc(C)c(C#Cc2cnc3cccnn23)c1.Cc1ccc(O)cc1C#Cc1cnc2cccnn12.Cc1ccc(O)cc1I.Cc1ccc(O)cc1N.Cc1ccc(O)cc1[N+](=O)[O-].Cc1ccc(OCCN2C(=O)NC(Cc3c[nH]c4c(Cl)cccc34)C2=O)cc1C#Cc1cnc2cccnn12.O=C1NC(=O)C(Cc2c[nH]c3c(Cl)cccc23)N1. The van der Waals surface area contributed by atoms with Gasteiger partial charge in [-0.3, -0.25) is 29.9 Å². The molecule has 10 aromatic heterocycles. The van der Waals surface area contributed by atoms with E-state index in [1.165, 1.54) is 28.7 Å². The van der Waals surface area contributed by atoms with Crippen LogP contribution in [0.2, 0.25) is 10.0 Å². The molecule has 142 heavy (non-hydrogen) atoms. The largest absolute Gasteiger partial charge is 0.508 e. The number of hydrogen-bond acceptors (Lipinski definition) is 21. The fourth-order valence-corrected chi connectivity index (χ4v) is 14.5. The number of imide groups is 2. The third-order valence-corrected chi connectivity index (χ3v) is 24.6. The Kier molecular flexibility index (Phi) is 38.8. The molecule has 0 saturated carbocycles. The molecule has 38 heteroatoms.